The normalized spacial score (nSPS) is 20.6. The summed E-state index contributed by atoms with van der Waals surface area (Å²) < 4.78 is 1.97. The first-order valence-corrected chi connectivity index (χ1v) is 7.56. The van der Waals surface area contributed by atoms with Crippen LogP contribution in [0.15, 0.2) is 30.3 Å². The Hall–Kier alpha value is -1.81. The molecule has 21 heavy (non-hydrogen) atoms. The van der Waals surface area contributed by atoms with Gasteiger partial charge in [-0.15, -0.1) is 0 Å². The topological polar surface area (TPSA) is 33.1 Å². The Balaban J connectivity index is 1.65. The van der Waals surface area contributed by atoms with Gasteiger partial charge in [-0.3, -0.25) is 4.68 Å². The quantitative estimate of drug-likeness (QED) is 0.915. The summed E-state index contributed by atoms with van der Waals surface area (Å²) in [6.45, 7) is 2.98. The number of benzene rings is 1. The summed E-state index contributed by atoms with van der Waals surface area (Å²) in [6, 6.07) is 11.4. The lowest BCUT2D eigenvalue weighted by Crippen LogP contribution is -2.21. The van der Waals surface area contributed by atoms with Crippen molar-refractivity contribution in [2.24, 2.45) is 7.05 Å². The van der Waals surface area contributed by atoms with Gasteiger partial charge in [0.25, 0.3) is 0 Å². The molecule has 0 unspecified atom stereocenters. The highest BCUT2D eigenvalue weighted by atomic mass is 15.4. The molecule has 1 N–H and O–H groups in total. The SMILES string of the molecule is Cc1nn(C)c(N(C)C)c1CN[C@@H]1C[C@@H]1c1ccccc1. The largest absolute Gasteiger partial charge is 0.363 e. The highest BCUT2D eigenvalue weighted by Gasteiger charge is 2.37. The first kappa shape index (κ1) is 14.1. The van der Waals surface area contributed by atoms with Crippen molar-refractivity contribution in [3.8, 4) is 0 Å². The third-order valence-electron chi connectivity index (χ3n) is 4.30. The lowest BCUT2D eigenvalue weighted by Gasteiger charge is -2.15. The number of hydrogen-bond donors (Lipinski definition) is 1. The number of anilines is 1. The molecule has 1 aliphatic carbocycles. The molecule has 4 heteroatoms. The van der Waals surface area contributed by atoms with E-state index in [0.29, 0.717) is 12.0 Å². The van der Waals surface area contributed by atoms with Crippen molar-refractivity contribution in [3.05, 3.63) is 47.2 Å². The Morgan fingerprint density at radius 2 is 2.00 bits per heavy atom. The zero-order valence-electron chi connectivity index (χ0n) is 13.3. The standard InChI is InChI=1S/C17H24N4/c1-12-15(17(20(2)3)21(4)19-12)11-18-16-10-14(16)13-8-6-5-7-9-13/h5-9,14,16,18H,10-11H2,1-4H3/t14-,16-/m1/s1. The minimum absolute atomic E-state index is 0.599. The minimum Gasteiger partial charge on any atom is -0.363 e. The molecule has 112 valence electrons. The maximum absolute atomic E-state index is 4.54. The predicted molar refractivity (Wildman–Crippen MR) is 86.7 cm³/mol. The summed E-state index contributed by atoms with van der Waals surface area (Å²) in [5.74, 6) is 1.86. The molecule has 1 saturated carbocycles. The molecule has 3 rings (SSSR count). The first-order valence-electron chi connectivity index (χ1n) is 7.56. The molecular formula is C17H24N4. The second-order valence-corrected chi connectivity index (χ2v) is 6.15. The molecule has 0 radical (unpaired) electrons. The lowest BCUT2D eigenvalue weighted by molar-refractivity contribution is 0.669. The average Bonchev–Trinajstić information content (AvgIpc) is 3.17. The first-order chi connectivity index (χ1) is 10.1. The van der Waals surface area contributed by atoms with E-state index in [4.69, 9.17) is 0 Å². The maximum Gasteiger partial charge on any atom is 0.130 e. The fourth-order valence-electron chi connectivity index (χ4n) is 3.18. The van der Waals surface area contributed by atoms with E-state index in [2.05, 4.69) is 66.7 Å². The summed E-state index contributed by atoms with van der Waals surface area (Å²) in [6.07, 6.45) is 1.24. The maximum atomic E-state index is 4.54. The van der Waals surface area contributed by atoms with Gasteiger partial charge < -0.3 is 10.2 Å². The molecule has 1 heterocycles. The lowest BCUT2D eigenvalue weighted by atomic mass is 10.1. The van der Waals surface area contributed by atoms with Gasteiger partial charge in [-0.25, -0.2) is 0 Å². The molecule has 0 amide bonds. The van der Waals surface area contributed by atoms with Crippen molar-refractivity contribution >= 4 is 5.82 Å². The molecule has 1 aliphatic rings. The second-order valence-electron chi connectivity index (χ2n) is 6.15. The highest BCUT2D eigenvalue weighted by Crippen LogP contribution is 2.41. The number of hydrogen-bond acceptors (Lipinski definition) is 3. The van der Waals surface area contributed by atoms with E-state index >= 15 is 0 Å². The van der Waals surface area contributed by atoms with Gasteiger partial charge >= 0.3 is 0 Å². The third kappa shape index (κ3) is 2.81. The summed E-state index contributed by atoms with van der Waals surface area (Å²) in [5.41, 5.74) is 3.87. The van der Waals surface area contributed by atoms with E-state index in [0.717, 1.165) is 12.2 Å². The minimum atomic E-state index is 0.599. The molecule has 0 aliphatic heterocycles. The fourth-order valence-corrected chi connectivity index (χ4v) is 3.18. The molecule has 0 saturated heterocycles. The van der Waals surface area contributed by atoms with Crippen LogP contribution in [0.5, 0.6) is 0 Å². The fraction of sp³-hybridized carbons (Fsp3) is 0.471. The van der Waals surface area contributed by atoms with Gasteiger partial charge in [0.2, 0.25) is 0 Å². The van der Waals surface area contributed by atoms with Crippen LogP contribution in [0.25, 0.3) is 0 Å². The molecule has 2 aromatic rings. The molecular weight excluding hydrogens is 260 g/mol. The molecule has 2 atom stereocenters. The van der Waals surface area contributed by atoms with E-state index in [1.54, 1.807) is 0 Å². The van der Waals surface area contributed by atoms with Gasteiger partial charge in [0, 0.05) is 45.2 Å². The van der Waals surface area contributed by atoms with Crippen molar-refractivity contribution in [1.29, 1.82) is 0 Å². The van der Waals surface area contributed by atoms with Crippen LogP contribution in [0.1, 0.15) is 29.2 Å². The van der Waals surface area contributed by atoms with Crippen molar-refractivity contribution < 1.29 is 0 Å². The predicted octanol–water partition coefficient (Wildman–Crippen LogP) is 2.44. The van der Waals surface area contributed by atoms with Crippen LogP contribution in [0, 0.1) is 6.92 Å². The van der Waals surface area contributed by atoms with Crippen molar-refractivity contribution in [2.75, 3.05) is 19.0 Å². The molecule has 1 fully saturated rings. The molecule has 0 bridgehead atoms. The van der Waals surface area contributed by atoms with E-state index in [1.807, 2.05) is 11.7 Å². The molecule has 1 aromatic carbocycles. The van der Waals surface area contributed by atoms with Crippen molar-refractivity contribution in [1.82, 2.24) is 15.1 Å². The molecule has 0 spiro atoms. The van der Waals surface area contributed by atoms with Crippen LogP contribution in [0.4, 0.5) is 5.82 Å². The Kier molecular flexibility index (Phi) is 3.72. The van der Waals surface area contributed by atoms with Crippen LogP contribution in [-0.2, 0) is 13.6 Å². The summed E-state index contributed by atoms with van der Waals surface area (Å²) >= 11 is 0. The Morgan fingerprint density at radius 1 is 1.29 bits per heavy atom. The van der Waals surface area contributed by atoms with Gasteiger partial charge in [-0.2, -0.15) is 5.10 Å². The number of aromatic nitrogens is 2. The number of aryl methyl sites for hydroxylation is 2. The average molecular weight is 284 g/mol. The van der Waals surface area contributed by atoms with Crippen LogP contribution in [0.3, 0.4) is 0 Å². The third-order valence-corrected chi connectivity index (χ3v) is 4.30. The Labute approximate surface area is 126 Å². The van der Waals surface area contributed by atoms with Crippen LogP contribution >= 0.6 is 0 Å². The monoisotopic (exact) mass is 284 g/mol. The van der Waals surface area contributed by atoms with Crippen LogP contribution in [-0.4, -0.2) is 29.9 Å². The smallest absolute Gasteiger partial charge is 0.130 e. The van der Waals surface area contributed by atoms with Gasteiger partial charge in [-0.1, -0.05) is 30.3 Å². The number of nitrogens with zero attached hydrogens (tertiary/aromatic N) is 3. The van der Waals surface area contributed by atoms with Gasteiger partial charge in [-0.05, 0) is 18.9 Å². The summed E-state index contributed by atoms with van der Waals surface area (Å²) in [4.78, 5) is 2.14. The number of rotatable bonds is 5. The van der Waals surface area contributed by atoms with Gasteiger partial charge in [0.1, 0.15) is 5.82 Å². The molecule has 1 aromatic heterocycles. The van der Waals surface area contributed by atoms with E-state index < -0.39 is 0 Å². The van der Waals surface area contributed by atoms with E-state index in [1.165, 1.54) is 23.4 Å². The zero-order chi connectivity index (χ0) is 15.0. The summed E-state index contributed by atoms with van der Waals surface area (Å²) in [5, 5.41) is 8.23. The summed E-state index contributed by atoms with van der Waals surface area (Å²) in [7, 11) is 6.16. The van der Waals surface area contributed by atoms with Crippen LogP contribution < -0.4 is 10.2 Å². The molecule has 4 nitrogen and oxygen atoms in total. The Morgan fingerprint density at radius 3 is 2.67 bits per heavy atom. The van der Waals surface area contributed by atoms with Gasteiger partial charge in [0.15, 0.2) is 0 Å². The number of nitrogens with one attached hydrogen (secondary N) is 1. The zero-order valence-corrected chi connectivity index (χ0v) is 13.3. The van der Waals surface area contributed by atoms with Gasteiger partial charge in [0.05, 0.1) is 5.69 Å². The van der Waals surface area contributed by atoms with Crippen molar-refractivity contribution in [2.45, 2.75) is 31.8 Å². The van der Waals surface area contributed by atoms with E-state index in [-0.39, 0.29) is 0 Å². The second kappa shape index (κ2) is 5.53. The Bertz CT molecular complexity index is 615. The van der Waals surface area contributed by atoms with Crippen LogP contribution in [0.2, 0.25) is 0 Å². The van der Waals surface area contributed by atoms with E-state index in [9.17, 15) is 0 Å². The highest BCUT2D eigenvalue weighted by molar-refractivity contribution is 5.49. The van der Waals surface area contributed by atoms with Crippen molar-refractivity contribution in [3.63, 3.8) is 0 Å².